The summed E-state index contributed by atoms with van der Waals surface area (Å²) in [6.07, 6.45) is 0.899. The average Bonchev–Trinajstić information content (AvgIpc) is 2.51. The van der Waals surface area contributed by atoms with Gasteiger partial charge in [-0.15, -0.1) is 0 Å². The lowest BCUT2D eigenvalue weighted by Crippen LogP contribution is -2.49. The van der Waals surface area contributed by atoms with Crippen molar-refractivity contribution in [2.24, 2.45) is 0 Å². The van der Waals surface area contributed by atoms with E-state index in [0.717, 1.165) is 11.6 Å². The third kappa shape index (κ3) is 4.44. The Hall–Kier alpha value is -2.63. The molecule has 1 saturated carbocycles. The molecule has 0 aromatic heterocycles. The molecule has 0 heterocycles. The molecule has 0 radical (unpaired) electrons. The highest BCUT2D eigenvalue weighted by molar-refractivity contribution is 5.67. The zero-order chi connectivity index (χ0) is 16.9. The fourth-order valence-corrected chi connectivity index (χ4v) is 2.66. The summed E-state index contributed by atoms with van der Waals surface area (Å²) in [5.41, 5.74) is 1.33. The molecule has 4 nitrogen and oxygen atoms in total. The fraction of sp³-hybridized carbons (Fsp3) is 0.278. The second-order valence-corrected chi connectivity index (χ2v) is 5.87. The van der Waals surface area contributed by atoms with E-state index in [9.17, 15) is 13.6 Å². The van der Waals surface area contributed by atoms with Crippen molar-refractivity contribution in [2.75, 3.05) is 5.32 Å². The SMILES string of the molecule is O=C(NC1CC(Nc2cc(F)cc(F)c2)C1)OCc1ccccc1. The minimum absolute atomic E-state index is 0.00387. The van der Waals surface area contributed by atoms with Gasteiger partial charge in [-0.05, 0) is 30.5 Å². The lowest BCUT2D eigenvalue weighted by Gasteiger charge is -2.36. The first kappa shape index (κ1) is 16.2. The number of ether oxygens (including phenoxy) is 1. The van der Waals surface area contributed by atoms with E-state index in [1.54, 1.807) is 0 Å². The Morgan fingerprint density at radius 2 is 1.71 bits per heavy atom. The number of anilines is 1. The van der Waals surface area contributed by atoms with Crippen LogP contribution in [-0.2, 0) is 11.3 Å². The molecule has 1 amide bonds. The highest BCUT2D eigenvalue weighted by Gasteiger charge is 2.30. The Morgan fingerprint density at radius 1 is 1.04 bits per heavy atom. The normalized spacial score (nSPS) is 19.2. The van der Waals surface area contributed by atoms with Crippen molar-refractivity contribution in [3.05, 3.63) is 65.7 Å². The first-order valence-corrected chi connectivity index (χ1v) is 7.78. The predicted octanol–water partition coefficient (Wildman–Crippen LogP) is 3.83. The first-order chi connectivity index (χ1) is 11.6. The van der Waals surface area contributed by atoms with E-state index in [2.05, 4.69) is 10.6 Å². The van der Waals surface area contributed by atoms with E-state index in [1.807, 2.05) is 30.3 Å². The van der Waals surface area contributed by atoms with Crippen LogP contribution >= 0.6 is 0 Å². The van der Waals surface area contributed by atoms with Crippen LogP contribution in [0.3, 0.4) is 0 Å². The molecule has 0 spiro atoms. The molecule has 0 saturated heterocycles. The minimum Gasteiger partial charge on any atom is -0.445 e. The number of benzene rings is 2. The average molecular weight is 332 g/mol. The van der Waals surface area contributed by atoms with Crippen LogP contribution < -0.4 is 10.6 Å². The second-order valence-electron chi connectivity index (χ2n) is 5.87. The molecule has 3 rings (SSSR count). The van der Waals surface area contributed by atoms with E-state index in [4.69, 9.17) is 4.74 Å². The van der Waals surface area contributed by atoms with Crippen LogP contribution in [0, 0.1) is 11.6 Å². The Bertz CT molecular complexity index is 683. The number of hydrogen-bond donors (Lipinski definition) is 2. The maximum atomic E-state index is 13.1. The van der Waals surface area contributed by atoms with Gasteiger partial charge in [-0.1, -0.05) is 30.3 Å². The van der Waals surface area contributed by atoms with E-state index in [-0.39, 0.29) is 18.7 Å². The number of carbonyl (C=O) groups is 1. The summed E-state index contributed by atoms with van der Waals surface area (Å²) in [5.74, 6) is -1.23. The molecule has 0 bridgehead atoms. The minimum atomic E-state index is -0.615. The van der Waals surface area contributed by atoms with Gasteiger partial charge >= 0.3 is 6.09 Å². The van der Waals surface area contributed by atoms with Gasteiger partial charge in [0.1, 0.15) is 18.2 Å². The summed E-state index contributed by atoms with van der Waals surface area (Å²) in [7, 11) is 0. The highest BCUT2D eigenvalue weighted by Crippen LogP contribution is 2.25. The summed E-state index contributed by atoms with van der Waals surface area (Å²) in [5, 5.41) is 5.82. The number of nitrogens with one attached hydrogen (secondary N) is 2. The molecular weight excluding hydrogens is 314 g/mol. The van der Waals surface area contributed by atoms with E-state index < -0.39 is 17.7 Å². The van der Waals surface area contributed by atoms with Crippen LogP contribution in [0.1, 0.15) is 18.4 Å². The smallest absolute Gasteiger partial charge is 0.407 e. The third-order valence-corrected chi connectivity index (χ3v) is 3.91. The molecule has 0 aliphatic heterocycles. The summed E-state index contributed by atoms with van der Waals surface area (Å²) in [4.78, 5) is 11.7. The van der Waals surface area contributed by atoms with Crippen LogP contribution in [-0.4, -0.2) is 18.2 Å². The zero-order valence-electron chi connectivity index (χ0n) is 13.0. The van der Waals surface area contributed by atoms with Gasteiger partial charge in [0.05, 0.1) is 0 Å². The Kier molecular flexibility index (Phi) is 4.93. The van der Waals surface area contributed by atoms with Crippen molar-refractivity contribution in [3.8, 4) is 0 Å². The van der Waals surface area contributed by atoms with Gasteiger partial charge in [-0.3, -0.25) is 0 Å². The largest absolute Gasteiger partial charge is 0.445 e. The van der Waals surface area contributed by atoms with Crippen molar-refractivity contribution in [2.45, 2.75) is 31.5 Å². The second kappa shape index (κ2) is 7.29. The molecular formula is C18H18F2N2O2. The van der Waals surface area contributed by atoms with Crippen molar-refractivity contribution < 1.29 is 18.3 Å². The molecule has 126 valence electrons. The molecule has 0 atom stereocenters. The van der Waals surface area contributed by atoms with Crippen molar-refractivity contribution >= 4 is 11.8 Å². The monoisotopic (exact) mass is 332 g/mol. The van der Waals surface area contributed by atoms with Gasteiger partial charge in [0.25, 0.3) is 0 Å². The fourth-order valence-electron chi connectivity index (χ4n) is 2.66. The van der Waals surface area contributed by atoms with Gasteiger partial charge in [0.2, 0.25) is 0 Å². The molecule has 2 aromatic rings. The number of rotatable bonds is 5. The topological polar surface area (TPSA) is 50.4 Å². The van der Waals surface area contributed by atoms with Gasteiger partial charge in [0, 0.05) is 23.8 Å². The maximum Gasteiger partial charge on any atom is 0.407 e. The molecule has 2 N–H and O–H groups in total. The van der Waals surface area contributed by atoms with Crippen molar-refractivity contribution in [3.63, 3.8) is 0 Å². The molecule has 1 aliphatic rings. The molecule has 1 aliphatic carbocycles. The standard InChI is InChI=1S/C18H18F2N2O2/c19-13-6-14(20)8-15(7-13)21-16-9-17(10-16)22-18(23)24-11-12-4-2-1-3-5-12/h1-8,16-17,21H,9-11H2,(H,22,23). The summed E-state index contributed by atoms with van der Waals surface area (Å²) >= 11 is 0. The van der Waals surface area contributed by atoms with Gasteiger partial charge in [0.15, 0.2) is 0 Å². The van der Waals surface area contributed by atoms with E-state index >= 15 is 0 Å². The van der Waals surface area contributed by atoms with Crippen LogP contribution in [0.5, 0.6) is 0 Å². The number of hydrogen-bond acceptors (Lipinski definition) is 3. The third-order valence-electron chi connectivity index (χ3n) is 3.91. The predicted molar refractivity (Wildman–Crippen MR) is 86.6 cm³/mol. The van der Waals surface area contributed by atoms with Crippen LogP contribution in [0.2, 0.25) is 0 Å². The summed E-state index contributed by atoms with van der Waals surface area (Å²) in [6.45, 7) is 0.226. The lowest BCUT2D eigenvalue weighted by molar-refractivity contribution is 0.129. The highest BCUT2D eigenvalue weighted by atomic mass is 19.1. The maximum absolute atomic E-state index is 13.1. The van der Waals surface area contributed by atoms with E-state index in [0.29, 0.717) is 18.5 Å². The summed E-state index contributed by atoms with van der Waals surface area (Å²) < 4.78 is 31.4. The Labute approximate surface area is 138 Å². The lowest BCUT2D eigenvalue weighted by atomic mass is 9.86. The van der Waals surface area contributed by atoms with Crippen LogP contribution in [0.4, 0.5) is 19.3 Å². The number of alkyl carbamates (subject to hydrolysis) is 1. The number of carbonyl (C=O) groups excluding carboxylic acids is 1. The molecule has 24 heavy (non-hydrogen) atoms. The zero-order valence-corrected chi connectivity index (χ0v) is 13.0. The van der Waals surface area contributed by atoms with Crippen molar-refractivity contribution in [1.82, 2.24) is 5.32 Å². The van der Waals surface area contributed by atoms with Gasteiger partial charge in [-0.2, -0.15) is 0 Å². The van der Waals surface area contributed by atoms with E-state index in [1.165, 1.54) is 12.1 Å². The molecule has 6 heteroatoms. The van der Waals surface area contributed by atoms with Crippen molar-refractivity contribution in [1.29, 1.82) is 0 Å². The molecule has 0 unspecified atom stereocenters. The molecule has 2 aromatic carbocycles. The summed E-state index contributed by atoms with van der Waals surface area (Å²) in [6, 6.07) is 12.8. The molecule has 1 fully saturated rings. The Morgan fingerprint density at radius 3 is 2.38 bits per heavy atom. The Balaban J connectivity index is 1.38. The van der Waals surface area contributed by atoms with Gasteiger partial charge in [-0.25, -0.2) is 13.6 Å². The first-order valence-electron chi connectivity index (χ1n) is 7.78. The number of halogens is 2. The quantitative estimate of drug-likeness (QED) is 0.875. The van der Waals surface area contributed by atoms with Crippen LogP contribution in [0.25, 0.3) is 0 Å². The number of amides is 1. The van der Waals surface area contributed by atoms with Crippen LogP contribution in [0.15, 0.2) is 48.5 Å². The van der Waals surface area contributed by atoms with Gasteiger partial charge < -0.3 is 15.4 Å².